The Morgan fingerprint density at radius 3 is 2.74 bits per heavy atom. The lowest BCUT2D eigenvalue weighted by Crippen LogP contribution is -2.27. The van der Waals surface area contributed by atoms with Gasteiger partial charge < -0.3 is 14.7 Å². The lowest BCUT2D eigenvalue weighted by atomic mass is 10.1. The third kappa shape index (κ3) is 5.14. The predicted molar refractivity (Wildman–Crippen MR) is 77.5 cm³/mol. The van der Waals surface area contributed by atoms with Crippen molar-refractivity contribution in [3.05, 3.63) is 35.9 Å². The van der Waals surface area contributed by atoms with Crippen LogP contribution in [-0.4, -0.2) is 37.4 Å². The number of rotatable bonds is 8. The molecule has 0 aromatic heterocycles. The minimum absolute atomic E-state index is 0.668. The number of carboxylic acid groups (broad SMARTS) is 1. The molecular weight excluding hydrogens is 242 g/mol. The highest BCUT2D eigenvalue weighted by molar-refractivity contribution is 5.87. The van der Waals surface area contributed by atoms with Crippen molar-refractivity contribution in [2.45, 2.75) is 13.8 Å². The van der Waals surface area contributed by atoms with E-state index in [0.717, 1.165) is 30.4 Å². The molecule has 104 valence electrons. The number of likely N-dealkylation sites (N-methyl/N-ethyl adjacent to an activating group) is 1. The molecule has 0 atom stereocenters. The topological polar surface area (TPSA) is 49.8 Å². The fourth-order valence-corrected chi connectivity index (χ4v) is 1.85. The van der Waals surface area contributed by atoms with E-state index in [-0.39, 0.29) is 0 Å². The SMILES string of the molecule is CCOCCN(CC)c1ccccc1/C=C/C(=O)O. The van der Waals surface area contributed by atoms with Gasteiger partial charge >= 0.3 is 5.97 Å². The first-order valence-electron chi connectivity index (χ1n) is 6.51. The quantitative estimate of drug-likeness (QED) is 0.578. The third-order valence-electron chi connectivity index (χ3n) is 2.77. The Balaban J connectivity index is 2.86. The summed E-state index contributed by atoms with van der Waals surface area (Å²) in [7, 11) is 0. The van der Waals surface area contributed by atoms with Gasteiger partial charge in [0.15, 0.2) is 0 Å². The highest BCUT2D eigenvalue weighted by atomic mass is 16.5. The molecule has 1 aromatic rings. The van der Waals surface area contributed by atoms with E-state index >= 15 is 0 Å². The molecule has 1 aromatic carbocycles. The average Bonchev–Trinajstić information content (AvgIpc) is 2.42. The van der Waals surface area contributed by atoms with E-state index in [2.05, 4.69) is 11.8 Å². The maximum absolute atomic E-state index is 10.6. The number of nitrogens with zero attached hydrogens (tertiary/aromatic N) is 1. The molecule has 1 rings (SSSR count). The number of para-hydroxylation sites is 1. The molecule has 4 nitrogen and oxygen atoms in total. The van der Waals surface area contributed by atoms with E-state index in [1.807, 2.05) is 31.2 Å². The van der Waals surface area contributed by atoms with Gasteiger partial charge in [-0.3, -0.25) is 0 Å². The van der Waals surface area contributed by atoms with Gasteiger partial charge in [-0.25, -0.2) is 4.79 Å². The third-order valence-corrected chi connectivity index (χ3v) is 2.77. The first-order valence-corrected chi connectivity index (χ1v) is 6.51. The van der Waals surface area contributed by atoms with Crippen LogP contribution in [0.1, 0.15) is 19.4 Å². The summed E-state index contributed by atoms with van der Waals surface area (Å²) < 4.78 is 5.37. The Labute approximate surface area is 114 Å². The van der Waals surface area contributed by atoms with Crippen LogP contribution in [0.3, 0.4) is 0 Å². The molecule has 0 saturated heterocycles. The molecule has 0 saturated carbocycles. The summed E-state index contributed by atoms with van der Waals surface area (Å²) in [5.41, 5.74) is 1.94. The average molecular weight is 263 g/mol. The maximum Gasteiger partial charge on any atom is 0.328 e. The molecule has 0 fully saturated rings. The van der Waals surface area contributed by atoms with Crippen LogP contribution in [0, 0.1) is 0 Å². The number of ether oxygens (including phenoxy) is 1. The Bertz CT molecular complexity index is 429. The number of hydrogen-bond donors (Lipinski definition) is 1. The summed E-state index contributed by atoms with van der Waals surface area (Å²) in [6.07, 6.45) is 2.79. The van der Waals surface area contributed by atoms with Gasteiger partial charge in [0.05, 0.1) is 6.61 Å². The number of aliphatic carboxylic acids is 1. The monoisotopic (exact) mass is 263 g/mol. The van der Waals surface area contributed by atoms with Crippen molar-refractivity contribution in [1.29, 1.82) is 0 Å². The molecule has 0 spiro atoms. The molecular formula is C15H21NO3. The van der Waals surface area contributed by atoms with Gasteiger partial charge in [0.2, 0.25) is 0 Å². The van der Waals surface area contributed by atoms with E-state index in [1.54, 1.807) is 6.08 Å². The number of anilines is 1. The second-order valence-corrected chi connectivity index (χ2v) is 4.01. The number of hydrogen-bond acceptors (Lipinski definition) is 3. The summed E-state index contributed by atoms with van der Waals surface area (Å²) in [6, 6.07) is 7.77. The molecule has 1 N–H and O–H groups in total. The van der Waals surface area contributed by atoms with E-state index in [9.17, 15) is 4.79 Å². The van der Waals surface area contributed by atoms with Crippen LogP contribution in [0.25, 0.3) is 6.08 Å². The zero-order valence-corrected chi connectivity index (χ0v) is 11.5. The standard InChI is InChI=1S/C15H21NO3/c1-3-16(11-12-19-4-2)14-8-6-5-7-13(14)9-10-15(17)18/h5-10H,3-4,11-12H2,1-2H3,(H,17,18)/b10-9+. The molecule has 0 aliphatic carbocycles. The fourth-order valence-electron chi connectivity index (χ4n) is 1.85. The summed E-state index contributed by atoms with van der Waals surface area (Å²) in [4.78, 5) is 12.8. The zero-order chi connectivity index (χ0) is 14.1. The van der Waals surface area contributed by atoms with E-state index in [4.69, 9.17) is 9.84 Å². The summed E-state index contributed by atoms with van der Waals surface area (Å²) in [6.45, 7) is 7.07. The smallest absolute Gasteiger partial charge is 0.328 e. The second kappa shape index (κ2) is 8.32. The van der Waals surface area contributed by atoms with E-state index in [1.165, 1.54) is 0 Å². The first-order chi connectivity index (χ1) is 9.19. The number of benzene rings is 1. The van der Waals surface area contributed by atoms with Gasteiger partial charge in [-0.15, -0.1) is 0 Å². The van der Waals surface area contributed by atoms with Crippen LogP contribution < -0.4 is 4.90 Å². The molecule has 0 unspecified atom stereocenters. The van der Waals surface area contributed by atoms with Gasteiger partial charge in [-0.1, -0.05) is 18.2 Å². The highest BCUT2D eigenvalue weighted by Crippen LogP contribution is 2.21. The van der Waals surface area contributed by atoms with Crippen molar-refractivity contribution in [3.63, 3.8) is 0 Å². The van der Waals surface area contributed by atoms with Crippen molar-refractivity contribution in [1.82, 2.24) is 0 Å². The van der Waals surface area contributed by atoms with Crippen LogP contribution in [0.2, 0.25) is 0 Å². The van der Waals surface area contributed by atoms with Crippen molar-refractivity contribution >= 4 is 17.7 Å². The second-order valence-electron chi connectivity index (χ2n) is 4.01. The van der Waals surface area contributed by atoms with Gasteiger partial charge in [-0.2, -0.15) is 0 Å². The van der Waals surface area contributed by atoms with Crippen molar-refractivity contribution in [2.75, 3.05) is 31.2 Å². The van der Waals surface area contributed by atoms with E-state index in [0.29, 0.717) is 13.2 Å². The van der Waals surface area contributed by atoms with Crippen LogP contribution in [-0.2, 0) is 9.53 Å². The first kappa shape index (κ1) is 15.2. The van der Waals surface area contributed by atoms with Crippen molar-refractivity contribution in [3.8, 4) is 0 Å². The molecule has 0 aliphatic heterocycles. The zero-order valence-electron chi connectivity index (χ0n) is 11.5. The Morgan fingerprint density at radius 1 is 1.37 bits per heavy atom. The molecule has 19 heavy (non-hydrogen) atoms. The molecule has 0 aliphatic rings. The predicted octanol–water partition coefficient (Wildman–Crippen LogP) is 2.65. The molecule has 0 heterocycles. The normalized spacial score (nSPS) is 10.8. The fraction of sp³-hybridized carbons (Fsp3) is 0.400. The Kier molecular flexibility index (Phi) is 6.68. The molecule has 0 amide bonds. The number of carbonyl (C=O) groups is 1. The number of carboxylic acids is 1. The lowest BCUT2D eigenvalue weighted by molar-refractivity contribution is -0.131. The Hall–Kier alpha value is -1.81. The van der Waals surface area contributed by atoms with Gasteiger partial charge in [0.1, 0.15) is 0 Å². The van der Waals surface area contributed by atoms with Crippen LogP contribution in [0.5, 0.6) is 0 Å². The van der Waals surface area contributed by atoms with Crippen LogP contribution in [0.15, 0.2) is 30.3 Å². The highest BCUT2D eigenvalue weighted by Gasteiger charge is 2.07. The van der Waals surface area contributed by atoms with Crippen LogP contribution >= 0.6 is 0 Å². The summed E-state index contributed by atoms with van der Waals surface area (Å²) >= 11 is 0. The van der Waals surface area contributed by atoms with Crippen LogP contribution in [0.4, 0.5) is 5.69 Å². The molecule has 0 radical (unpaired) electrons. The minimum atomic E-state index is -0.938. The van der Waals surface area contributed by atoms with Gasteiger partial charge in [-0.05, 0) is 31.6 Å². The lowest BCUT2D eigenvalue weighted by Gasteiger charge is -2.24. The van der Waals surface area contributed by atoms with E-state index < -0.39 is 5.97 Å². The molecule has 4 heteroatoms. The maximum atomic E-state index is 10.6. The summed E-state index contributed by atoms with van der Waals surface area (Å²) in [5.74, 6) is -0.938. The molecule has 0 bridgehead atoms. The van der Waals surface area contributed by atoms with Gasteiger partial charge in [0.25, 0.3) is 0 Å². The summed E-state index contributed by atoms with van der Waals surface area (Å²) in [5, 5.41) is 8.71. The van der Waals surface area contributed by atoms with Crippen molar-refractivity contribution in [2.24, 2.45) is 0 Å². The minimum Gasteiger partial charge on any atom is -0.478 e. The largest absolute Gasteiger partial charge is 0.478 e. The van der Waals surface area contributed by atoms with Gasteiger partial charge in [0, 0.05) is 31.5 Å². The Morgan fingerprint density at radius 2 is 2.11 bits per heavy atom. The van der Waals surface area contributed by atoms with Crippen molar-refractivity contribution < 1.29 is 14.6 Å².